The lowest BCUT2D eigenvalue weighted by atomic mass is 9.73. The molecule has 0 aromatic heterocycles. The van der Waals surface area contributed by atoms with E-state index in [1.807, 2.05) is 0 Å². The number of amides is 1. The molecule has 214 valence electrons. The molecule has 1 amide bonds. The molecule has 14 heteroatoms. The lowest BCUT2D eigenvalue weighted by molar-refractivity contribution is -0.144. The van der Waals surface area contributed by atoms with Gasteiger partial charge in [0, 0.05) is 12.0 Å². The number of carboxylic acids is 1. The summed E-state index contributed by atoms with van der Waals surface area (Å²) in [5, 5.41) is 10.0. The minimum absolute atomic E-state index is 0.104. The number of nitrogens with zero attached hydrogens (tertiary/aromatic N) is 1. The number of halogens is 9. The fourth-order valence-corrected chi connectivity index (χ4v) is 4.78. The average Bonchev–Trinajstić information content (AvgIpc) is 2.81. The van der Waals surface area contributed by atoms with Crippen molar-refractivity contribution in [2.45, 2.75) is 63.1 Å². The van der Waals surface area contributed by atoms with Crippen LogP contribution < -0.4 is 4.90 Å². The van der Waals surface area contributed by atoms with E-state index in [9.17, 15) is 54.2 Å². The molecule has 0 fully saturated rings. The van der Waals surface area contributed by atoms with Crippen molar-refractivity contribution in [1.82, 2.24) is 0 Å². The zero-order valence-corrected chi connectivity index (χ0v) is 20.3. The van der Waals surface area contributed by atoms with E-state index in [4.69, 9.17) is 4.74 Å². The van der Waals surface area contributed by atoms with Gasteiger partial charge in [-0.1, -0.05) is 6.92 Å². The number of carboxylic acid groups (broad SMARTS) is 1. The number of benzene rings is 2. The maximum Gasteiger partial charge on any atom is 0.416 e. The summed E-state index contributed by atoms with van der Waals surface area (Å²) >= 11 is 0. The van der Waals surface area contributed by atoms with E-state index < -0.39 is 70.7 Å². The van der Waals surface area contributed by atoms with E-state index in [2.05, 4.69) is 0 Å². The maximum atomic E-state index is 13.6. The Bertz CT molecular complexity index is 1210. The fourth-order valence-electron chi connectivity index (χ4n) is 4.78. The maximum absolute atomic E-state index is 13.6. The highest BCUT2D eigenvalue weighted by Gasteiger charge is 2.45. The van der Waals surface area contributed by atoms with Crippen molar-refractivity contribution < 1.29 is 58.9 Å². The summed E-state index contributed by atoms with van der Waals surface area (Å²) in [6.45, 7) is 2.95. The monoisotopic (exact) mass is 571 g/mol. The highest BCUT2D eigenvalue weighted by Crippen LogP contribution is 2.49. The van der Waals surface area contributed by atoms with Gasteiger partial charge in [0.05, 0.1) is 34.9 Å². The van der Waals surface area contributed by atoms with Gasteiger partial charge in [-0.25, -0.2) is 4.79 Å². The van der Waals surface area contributed by atoms with E-state index in [0.29, 0.717) is 12.1 Å². The Morgan fingerprint density at radius 2 is 1.44 bits per heavy atom. The van der Waals surface area contributed by atoms with E-state index in [1.165, 1.54) is 6.92 Å². The minimum Gasteiger partial charge on any atom is -0.481 e. The fraction of sp³-hybridized carbons (Fsp3) is 0.440. The first-order valence-electron chi connectivity index (χ1n) is 11.6. The van der Waals surface area contributed by atoms with Crippen molar-refractivity contribution in [3.8, 4) is 0 Å². The highest BCUT2D eigenvalue weighted by atomic mass is 19.4. The molecule has 0 saturated heterocycles. The molecular formula is C25H22F9NO4. The van der Waals surface area contributed by atoms with Crippen molar-refractivity contribution in [3.63, 3.8) is 0 Å². The zero-order valence-electron chi connectivity index (χ0n) is 20.3. The van der Waals surface area contributed by atoms with Crippen LogP contribution in [0.3, 0.4) is 0 Å². The summed E-state index contributed by atoms with van der Waals surface area (Å²) in [5.74, 6) is -5.50. The van der Waals surface area contributed by atoms with Gasteiger partial charge in [-0.05, 0) is 67.3 Å². The molecule has 0 aliphatic carbocycles. The van der Waals surface area contributed by atoms with E-state index in [1.54, 1.807) is 6.92 Å². The Morgan fingerprint density at radius 1 is 0.897 bits per heavy atom. The Morgan fingerprint density at radius 3 is 1.87 bits per heavy atom. The minimum atomic E-state index is -5.28. The molecule has 1 heterocycles. The smallest absolute Gasteiger partial charge is 0.416 e. The Balaban J connectivity index is 2.33. The molecule has 0 spiro atoms. The van der Waals surface area contributed by atoms with E-state index in [0.717, 1.165) is 11.0 Å². The molecule has 2 aromatic carbocycles. The number of carbonyl (C=O) groups excluding carboxylic acids is 1. The van der Waals surface area contributed by atoms with Gasteiger partial charge in [0.25, 0.3) is 0 Å². The van der Waals surface area contributed by atoms with Crippen molar-refractivity contribution in [1.29, 1.82) is 0 Å². The first-order valence-corrected chi connectivity index (χ1v) is 11.6. The number of fused-ring (bicyclic) bond motifs is 1. The number of carbonyl (C=O) groups is 2. The zero-order chi connectivity index (χ0) is 29.5. The van der Waals surface area contributed by atoms with Crippen LogP contribution in [0.4, 0.5) is 50.0 Å². The lowest BCUT2D eigenvalue weighted by Gasteiger charge is -2.42. The second kappa shape index (κ2) is 10.6. The summed E-state index contributed by atoms with van der Waals surface area (Å²) in [4.78, 5) is 26.2. The van der Waals surface area contributed by atoms with Gasteiger partial charge in [-0.15, -0.1) is 0 Å². The molecule has 5 nitrogen and oxygen atoms in total. The molecule has 1 N–H and O–H groups in total. The quantitative estimate of drug-likeness (QED) is 0.372. The molecule has 3 atom stereocenters. The van der Waals surface area contributed by atoms with Crippen LogP contribution in [0.25, 0.3) is 0 Å². The third-order valence-electron chi connectivity index (χ3n) is 6.48. The van der Waals surface area contributed by atoms with Crippen LogP contribution >= 0.6 is 0 Å². The van der Waals surface area contributed by atoms with Crippen LogP contribution in [0.1, 0.15) is 66.3 Å². The first-order chi connectivity index (χ1) is 17.9. The molecule has 0 radical (unpaired) electrons. The highest BCUT2D eigenvalue weighted by molar-refractivity contribution is 5.91. The van der Waals surface area contributed by atoms with Crippen LogP contribution in [0.5, 0.6) is 0 Å². The number of hydrogen-bond acceptors (Lipinski definition) is 3. The average molecular weight is 571 g/mol. The van der Waals surface area contributed by atoms with Gasteiger partial charge in [-0.3, -0.25) is 9.69 Å². The van der Waals surface area contributed by atoms with E-state index >= 15 is 0 Å². The number of aliphatic carboxylic acids is 1. The normalized spacial score (nSPS) is 18.9. The molecule has 0 saturated carbocycles. The molecule has 3 rings (SSSR count). The second-order valence-electron chi connectivity index (χ2n) is 8.90. The van der Waals surface area contributed by atoms with Crippen LogP contribution in [0.2, 0.25) is 0 Å². The molecule has 0 bridgehead atoms. The van der Waals surface area contributed by atoms with Crippen LogP contribution in [0, 0.1) is 0 Å². The lowest BCUT2D eigenvalue weighted by Crippen LogP contribution is -2.46. The summed E-state index contributed by atoms with van der Waals surface area (Å²) < 4.78 is 127. The molecule has 39 heavy (non-hydrogen) atoms. The third-order valence-corrected chi connectivity index (χ3v) is 6.48. The van der Waals surface area contributed by atoms with Gasteiger partial charge < -0.3 is 9.84 Å². The summed E-state index contributed by atoms with van der Waals surface area (Å²) in [5.41, 5.74) is -6.22. The van der Waals surface area contributed by atoms with Crippen LogP contribution in [0.15, 0.2) is 36.4 Å². The van der Waals surface area contributed by atoms with Crippen LogP contribution in [-0.2, 0) is 28.1 Å². The predicted octanol–water partition coefficient (Wildman–Crippen LogP) is 7.84. The number of anilines is 1. The SMILES string of the molecule is CCOC(=O)N1c2ccc(C(F)(F)F)cc2C(C(C(=O)O)c2cc(C(F)(F)F)cc(C(F)(F)F)c2)C[C@H]1CC. The second-order valence-corrected chi connectivity index (χ2v) is 8.90. The van der Waals surface area contributed by atoms with Crippen molar-refractivity contribution >= 4 is 17.7 Å². The molecule has 2 unspecified atom stereocenters. The summed E-state index contributed by atoms with van der Waals surface area (Å²) in [6, 6.07) is 1.56. The summed E-state index contributed by atoms with van der Waals surface area (Å²) in [7, 11) is 0. The Labute approximate surface area is 216 Å². The Kier molecular flexibility index (Phi) is 8.19. The van der Waals surface area contributed by atoms with Crippen molar-refractivity contribution in [3.05, 3.63) is 64.2 Å². The van der Waals surface area contributed by atoms with Crippen molar-refractivity contribution in [2.75, 3.05) is 11.5 Å². The van der Waals surface area contributed by atoms with Crippen molar-refractivity contribution in [2.24, 2.45) is 0 Å². The van der Waals surface area contributed by atoms with Gasteiger partial charge in [0.2, 0.25) is 0 Å². The molecular weight excluding hydrogens is 549 g/mol. The van der Waals surface area contributed by atoms with E-state index in [-0.39, 0.29) is 48.9 Å². The largest absolute Gasteiger partial charge is 0.481 e. The topological polar surface area (TPSA) is 66.8 Å². The third kappa shape index (κ3) is 6.25. The van der Waals surface area contributed by atoms with Gasteiger partial charge >= 0.3 is 30.6 Å². The van der Waals surface area contributed by atoms with Crippen LogP contribution in [-0.4, -0.2) is 29.8 Å². The Hall–Kier alpha value is -3.45. The van der Waals surface area contributed by atoms with Gasteiger partial charge in [0.15, 0.2) is 0 Å². The molecule has 2 aromatic rings. The number of alkyl halides is 9. The first kappa shape index (κ1) is 30.1. The summed E-state index contributed by atoms with van der Waals surface area (Å²) in [6.07, 6.45) is -16.7. The number of ether oxygens (including phenoxy) is 1. The van der Waals surface area contributed by atoms with Gasteiger partial charge in [0.1, 0.15) is 0 Å². The van der Waals surface area contributed by atoms with Gasteiger partial charge in [-0.2, -0.15) is 39.5 Å². The standard InChI is InChI=1S/C25H22F9NO4/c1-3-16-11-18(17-10-13(23(26,27)28)5-6-19(17)35(16)22(38)39-4-2)20(21(36)37)12-7-14(24(29,30)31)9-15(8-12)25(32,33)34/h5-10,16,18,20H,3-4,11H2,1-2H3,(H,36,37)/t16-,18?,20?/m1/s1. The molecule has 1 aliphatic heterocycles. The predicted molar refractivity (Wildman–Crippen MR) is 119 cm³/mol. The number of hydrogen-bond donors (Lipinski definition) is 1. The number of rotatable bonds is 5. The molecule has 1 aliphatic rings.